The van der Waals surface area contributed by atoms with Gasteiger partial charge in [0.15, 0.2) is 0 Å². The molecule has 1 atom stereocenters. The molecule has 1 aliphatic carbocycles. The van der Waals surface area contributed by atoms with Gasteiger partial charge in [0, 0.05) is 22.8 Å². The van der Waals surface area contributed by atoms with Crippen molar-refractivity contribution in [2.75, 3.05) is 12.4 Å². The predicted octanol–water partition coefficient (Wildman–Crippen LogP) is 6.26. The zero-order valence-corrected chi connectivity index (χ0v) is 23.5. The second kappa shape index (κ2) is 12.3. The quantitative estimate of drug-likeness (QED) is 0.252. The highest BCUT2D eigenvalue weighted by Crippen LogP contribution is 2.44. The summed E-state index contributed by atoms with van der Waals surface area (Å²) in [6.45, 7) is 9.59. The van der Waals surface area contributed by atoms with Crippen LogP contribution in [-0.4, -0.2) is 51.9 Å². The summed E-state index contributed by atoms with van der Waals surface area (Å²) < 4.78 is 10.6. The van der Waals surface area contributed by atoms with E-state index < -0.39 is 23.7 Å². The molecule has 2 aromatic carbocycles. The molecule has 0 saturated heterocycles. The van der Waals surface area contributed by atoms with E-state index in [2.05, 4.69) is 17.4 Å². The van der Waals surface area contributed by atoms with Gasteiger partial charge in [-0.2, -0.15) is 0 Å². The Hall–Kier alpha value is -2.65. The van der Waals surface area contributed by atoms with E-state index in [9.17, 15) is 19.5 Å². The average Bonchev–Trinajstić information content (AvgIpc) is 3.13. The first-order valence-electron chi connectivity index (χ1n) is 12.2. The van der Waals surface area contributed by atoms with Crippen LogP contribution >= 0.6 is 21.6 Å². The largest absolute Gasteiger partial charge is 0.480 e. The van der Waals surface area contributed by atoms with E-state index in [1.807, 2.05) is 71.0 Å². The maximum atomic E-state index is 12.5. The molecule has 0 saturated carbocycles. The molecule has 2 aromatic rings. The van der Waals surface area contributed by atoms with Crippen LogP contribution in [0.3, 0.4) is 0 Å². The summed E-state index contributed by atoms with van der Waals surface area (Å²) in [4.78, 5) is 36.3. The third-order valence-electron chi connectivity index (χ3n) is 5.80. The molecule has 0 aromatic heterocycles. The second-order valence-electron chi connectivity index (χ2n) is 10.6. The van der Waals surface area contributed by atoms with Gasteiger partial charge in [0.1, 0.15) is 18.2 Å². The van der Waals surface area contributed by atoms with E-state index in [4.69, 9.17) is 9.47 Å². The number of alkyl carbamates (subject to hydrolysis) is 1. The van der Waals surface area contributed by atoms with Gasteiger partial charge >= 0.3 is 18.0 Å². The van der Waals surface area contributed by atoms with Gasteiger partial charge < -0.3 is 19.9 Å². The van der Waals surface area contributed by atoms with Gasteiger partial charge in [-0.05, 0) is 63.3 Å². The Bertz CT molecular complexity index is 1080. The van der Waals surface area contributed by atoms with Crippen LogP contribution in [0.25, 0.3) is 11.1 Å². The maximum absolute atomic E-state index is 12.5. The molecular weight excluding hydrogens is 510 g/mol. The molecule has 0 heterocycles. The summed E-state index contributed by atoms with van der Waals surface area (Å²) in [6.07, 6.45) is 0.0963. The number of hydrogen-bond acceptors (Lipinski definition) is 7. The molecule has 0 bridgehead atoms. The van der Waals surface area contributed by atoms with Gasteiger partial charge in [0.05, 0.1) is 0 Å². The van der Waals surface area contributed by atoms with Crippen LogP contribution in [0.4, 0.5) is 4.79 Å². The molecule has 0 radical (unpaired) electrons. The van der Waals surface area contributed by atoms with Crippen molar-refractivity contribution in [3.05, 3.63) is 59.7 Å². The minimum Gasteiger partial charge on any atom is -0.480 e. The number of benzene rings is 2. The summed E-state index contributed by atoms with van der Waals surface area (Å²) in [5.41, 5.74) is 3.90. The van der Waals surface area contributed by atoms with Crippen molar-refractivity contribution in [2.45, 2.75) is 69.8 Å². The van der Waals surface area contributed by atoms with E-state index in [1.54, 1.807) is 0 Å². The van der Waals surface area contributed by atoms with Crippen molar-refractivity contribution in [3.8, 4) is 11.1 Å². The summed E-state index contributed by atoms with van der Waals surface area (Å²) >= 11 is 0. The number of ether oxygens (including phenoxy) is 2. The smallest absolute Gasteiger partial charge is 0.407 e. The molecule has 9 heteroatoms. The highest BCUT2D eigenvalue weighted by molar-refractivity contribution is 8.77. The molecule has 3 rings (SSSR count). The van der Waals surface area contributed by atoms with Crippen LogP contribution in [0.15, 0.2) is 48.5 Å². The minimum absolute atomic E-state index is 0.0999. The summed E-state index contributed by atoms with van der Waals surface area (Å²) in [5, 5.41) is 12.1. The lowest BCUT2D eigenvalue weighted by molar-refractivity contribution is -0.155. The third-order valence-corrected chi connectivity index (χ3v) is 9.16. The first kappa shape index (κ1) is 28.9. The lowest BCUT2D eigenvalue weighted by atomic mass is 9.98. The van der Waals surface area contributed by atoms with E-state index in [0.717, 1.165) is 22.3 Å². The fraction of sp³-hybridized carbons (Fsp3) is 0.464. The van der Waals surface area contributed by atoms with Gasteiger partial charge in [-0.1, -0.05) is 70.1 Å². The lowest BCUT2D eigenvalue weighted by Gasteiger charge is -2.25. The summed E-state index contributed by atoms with van der Waals surface area (Å²) in [7, 11) is 2.82. The number of rotatable bonds is 11. The first-order valence-corrected chi connectivity index (χ1v) is 14.5. The molecule has 2 N–H and O–H groups in total. The summed E-state index contributed by atoms with van der Waals surface area (Å²) in [6, 6.07) is 14.9. The number of fused-ring (bicyclic) bond motifs is 3. The lowest BCUT2D eigenvalue weighted by Crippen LogP contribution is -2.43. The zero-order valence-electron chi connectivity index (χ0n) is 21.9. The van der Waals surface area contributed by atoms with Crippen LogP contribution in [0.5, 0.6) is 0 Å². The fourth-order valence-electron chi connectivity index (χ4n) is 4.06. The highest BCUT2D eigenvalue weighted by atomic mass is 33.1. The molecule has 1 aliphatic rings. The number of esters is 1. The van der Waals surface area contributed by atoms with Crippen molar-refractivity contribution in [2.24, 2.45) is 0 Å². The predicted molar refractivity (Wildman–Crippen MR) is 149 cm³/mol. The van der Waals surface area contributed by atoms with E-state index in [-0.39, 0.29) is 35.4 Å². The minimum atomic E-state index is -1.13. The van der Waals surface area contributed by atoms with Crippen LogP contribution in [0, 0.1) is 0 Å². The van der Waals surface area contributed by atoms with Crippen molar-refractivity contribution >= 4 is 39.6 Å². The Labute approximate surface area is 226 Å². The van der Waals surface area contributed by atoms with Crippen molar-refractivity contribution in [1.82, 2.24) is 5.32 Å². The molecule has 200 valence electrons. The Balaban J connectivity index is 1.48. The highest BCUT2D eigenvalue weighted by Gasteiger charge is 2.30. The third kappa shape index (κ3) is 8.43. The molecule has 0 fully saturated rings. The van der Waals surface area contributed by atoms with E-state index in [0.29, 0.717) is 6.42 Å². The molecule has 37 heavy (non-hydrogen) atoms. The van der Waals surface area contributed by atoms with Crippen LogP contribution in [0.1, 0.15) is 64.5 Å². The number of aliphatic carboxylic acids is 1. The Kier molecular flexibility index (Phi) is 9.58. The van der Waals surface area contributed by atoms with Gasteiger partial charge in [0.2, 0.25) is 0 Å². The Morgan fingerprint density at radius 3 is 2.08 bits per heavy atom. The molecular formula is C28H35NO6S2. The Morgan fingerprint density at radius 2 is 1.54 bits per heavy atom. The maximum Gasteiger partial charge on any atom is 0.407 e. The van der Waals surface area contributed by atoms with E-state index >= 15 is 0 Å². The number of amides is 1. The molecule has 0 aliphatic heterocycles. The van der Waals surface area contributed by atoms with Crippen LogP contribution < -0.4 is 5.32 Å². The number of hydrogen-bond donors (Lipinski definition) is 2. The fourth-order valence-corrected chi connectivity index (χ4v) is 6.81. The van der Waals surface area contributed by atoms with Crippen LogP contribution in [-0.2, 0) is 19.1 Å². The van der Waals surface area contributed by atoms with Gasteiger partial charge in [-0.25, -0.2) is 9.59 Å². The van der Waals surface area contributed by atoms with E-state index in [1.165, 1.54) is 21.6 Å². The standard InChI is InChI=1S/C28H35NO6S2/c1-27(2,3)35-24(30)14-15-28(4,5)37-36-17-23(25(31)32)29-26(33)34-16-22-20-12-8-6-10-18(20)19-11-7-9-13-21(19)22/h6-13,22-23H,14-17H2,1-5H3,(H,29,33)(H,31,32)/t23-/m0/s1. The normalized spacial score (nSPS) is 13.9. The van der Waals surface area contributed by atoms with Crippen molar-refractivity contribution < 1.29 is 29.0 Å². The molecule has 1 amide bonds. The molecule has 0 spiro atoms. The zero-order chi connectivity index (χ0) is 27.2. The SMILES string of the molecule is CC(C)(C)OC(=O)CCC(C)(C)SSC[C@H](NC(=O)OCC1c2ccccc2-c2ccccc21)C(=O)O. The number of carbonyl (C=O) groups is 3. The topological polar surface area (TPSA) is 102 Å². The summed E-state index contributed by atoms with van der Waals surface area (Å²) in [5.74, 6) is -1.34. The van der Waals surface area contributed by atoms with Crippen LogP contribution in [0.2, 0.25) is 0 Å². The van der Waals surface area contributed by atoms with Gasteiger partial charge in [-0.15, -0.1) is 0 Å². The second-order valence-corrected chi connectivity index (χ2v) is 13.6. The first-order chi connectivity index (χ1) is 17.4. The number of carboxylic acid groups (broad SMARTS) is 1. The monoisotopic (exact) mass is 545 g/mol. The van der Waals surface area contributed by atoms with Crippen molar-refractivity contribution in [3.63, 3.8) is 0 Å². The molecule has 0 unspecified atom stereocenters. The van der Waals surface area contributed by atoms with Gasteiger partial charge in [-0.3, -0.25) is 4.79 Å². The number of nitrogens with one attached hydrogen (secondary N) is 1. The molecule has 7 nitrogen and oxygen atoms in total. The number of carboxylic acids is 1. The van der Waals surface area contributed by atoms with Gasteiger partial charge in [0.25, 0.3) is 0 Å². The Morgan fingerprint density at radius 1 is 0.973 bits per heavy atom. The number of carbonyl (C=O) groups excluding carboxylic acids is 2. The average molecular weight is 546 g/mol. The van der Waals surface area contributed by atoms with Crippen molar-refractivity contribution in [1.29, 1.82) is 0 Å².